The van der Waals surface area contributed by atoms with Gasteiger partial charge in [-0.05, 0) is 25.0 Å². The van der Waals surface area contributed by atoms with Crippen molar-refractivity contribution in [1.29, 1.82) is 0 Å². The number of aromatic hydroxyl groups is 2. The van der Waals surface area contributed by atoms with E-state index in [-0.39, 0.29) is 59.7 Å². The number of carbonyl (C=O) groups excluding carboxylic acids is 3. The summed E-state index contributed by atoms with van der Waals surface area (Å²) in [6, 6.07) is 13.0. The molecule has 0 aromatic heterocycles. The predicted molar refractivity (Wildman–Crippen MR) is 167 cm³/mol. The molecule has 0 spiro atoms. The molecule has 6 N–H and O–H groups in total. The fourth-order valence-electron chi connectivity index (χ4n) is 6.74. The standard InChI is InChI=1S/C34H35NO10.ClH/c1-16-29(37)20(35)13-24(44-16)45-22-15-34(42,23(36)12-11-17-7-4-3-5-8-17)14-19-26(22)33(41)28-27(31(19)39)30(38)18-9-6-10-21(43-2)25(18)32(28)40;/h3-10,16,20,22,24,29,37,39,41-42H,11-15,35H2,1-2H3;1H/t16?,20?,22-,24?,29?,34-;/m0./s1. The number of hydrogen-bond acceptors (Lipinski definition) is 11. The first-order chi connectivity index (χ1) is 21.4. The van der Waals surface area contributed by atoms with Crippen molar-refractivity contribution in [2.45, 2.75) is 75.3 Å². The molecule has 3 aromatic carbocycles. The number of methoxy groups -OCH3 is 1. The van der Waals surface area contributed by atoms with E-state index in [1.54, 1.807) is 6.92 Å². The van der Waals surface area contributed by atoms with Gasteiger partial charge >= 0.3 is 0 Å². The Kier molecular flexibility index (Phi) is 9.29. The van der Waals surface area contributed by atoms with E-state index in [2.05, 4.69) is 0 Å². The van der Waals surface area contributed by atoms with Crippen molar-refractivity contribution in [2.24, 2.45) is 5.73 Å². The van der Waals surface area contributed by atoms with Gasteiger partial charge in [0.25, 0.3) is 0 Å². The summed E-state index contributed by atoms with van der Waals surface area (Å²) in [7, 11) is 1.35. The number of carbonyl (C=O) groups is 3. The third-order valence-corrected chi connectivity index (χ3v) is 9.15. The molecule has 11 nitrogen and oxygen atoms in total. The molecule has 1 heterocycles. The summed E-state index contributed by atoms with van der Waals surface area (Å²) in [6.07, 6.45) is -4.35. The lowest BCUT2D eigenvalue weighted by Gasteiger charge is -2.42. The van der Waals surface area contributed by atoms with Crippen molar-refractivity contribution in [3.63, 3.8) is 0 Å². The van der Waals surface area contributed by atoms with E-state index in [0.29, 0.717) is 6.42 Å². The van der Waals surface area contributed by atoms with Crippen LogP contribution in [0.3, 0.4) is 0 Å². The molecular formula is C34H36ClNO10. The number of aliphatic hydroxyl groups is 2. The van der Waals surface area contributed by atoms with Gasteiger partial charge in [-0.15, -0.1) is 12.4 Å². The van der Waals surface area contributed by atoms with Crippen LogP contribution in [0.25, 0.3) is 0 Å². The Hall–Kier alpha value is -3.84. The van der Waals surface area contributed by atoms with Gasteiger partial charge in [-0.2, -0.15) is 0 Å². The van der Waals surface area contributed by atoms with Crippen molar-refractivity contribution in [1.82, 2.24) is 0 Å². The second-order valence-electron chi connectivity index (χ2n) is 12.0. The fraction of sp³-hybridized carbons (Fsp3) is 0.382. The van der Waals surface area contributed by atoms with E-state index in [1.807, 2.05) is 30.3 Å². The summed E-state index contributed by atoms with van der Waals surface area (Å²) in [5.74, 6) is -3.09. The maximum Gasteiger partial charge on any atom is 0.202 e. The summed E-state index contributed by atoms with van der Waals surface area (Å²) in [5.41, 5.74) is 3.89. The molecule has 1 aliphatic heterocycles. The predicted octanol–water partition coefficient (Wildman–Crippen LogP) is 3.06. The van der Waals surface area contributed by atoms with Gasteiger partial charge in [-0.1, -0.05) is 42.5 Å². The van der Waals surface area contributed by atoms with Gasteiger partial charge in [-0.25, -0.2) is 0 Å². The molecule has 46 heavy (non-hydrogen) atoms. The zero-order chi connectivity index (χ0) is 32.2. The molecule has 3 aromatic rings. The molecule has 0 amide bonds. The third-order valence-electron chi connectivity index (χ3n) is 9.15. The van der Waals surface area contributed by atoms with Crippen LogP contribution in [0.2, 0.25) is 0 Å². The number of phenolic OH excluding ortho intramolecular Hbond substituents is 2. The largest absolute Gasteiger partial charge is 0.507 e. The van der Waals surface area contributed by atoms with Gasteiger partial charge in [0, 0.05) is 48.4 Å². The van der Waals surface area contributed by atoms with Crippen LogP contribution in [0.1, 0.15) is 80.8 Å². The third kappa shape index (κ3) is 5.57. The first-order valence-electron chi connectivity index (χ1n) is 14.9. The Morgan fingerprint density at radius 1 is 1.02 bits per heavy atom. The van der Waals surface area contributed by atoms with Crippen molar-refractivity contribution < 1.29 is 49.0 Å². The maximum atomic E-state index is 13.8. The van der Waals surface area contributed by atoms with Crippen LogP contribution in [-0.2, 0) is 27.1 Å². The highest BCUT2D eigenvalue weighted by Gasteiger charge is 2.50. The van der Waals surface area contributed by atoms with Gasteiger partial charge in [-0.3, -0.25) is 14.4 Å². The molecule has 12 heteroatoms. The SMILES string of the molecule is COc1cccc2c1C(=O)c1c(O)c3c(c(O)c1C2=O)C[C@@](O)(C(=O)CCc1ccccc1)C[C@@H]3OC1CC(N)C(O)C(C)O1.Cl. The van der Waals surface area contributed by atoms with E-state index in [9.17, 15) is 34.8 Å². The zero-order valence-electron chi connectivity index (χ0n) is 25.3. The molecule has 6 rings (SSSR count). The summed E-state index contributed by atoms with van der Waals surface area (Å²) in [4.78, 5) is 41.2. The van der Waals surface area contributed by atoms with E-state index in [4.69, 9.17) is 19.9 Å². The fourth-order valence-corrected chi connectivity index (χ4v) is 6.74. The lowest BCUT2D eigenvalue weighted by Crippen LogP contribution is -2.52. The first kappa shape index (κ1) is 33.5. The molecule has 0 bridgehead atoms. The highest BCUT2D eigenvalue weighted by atomic mass is 35.5. The van der Waals surface area contributed by atoms with Crippen LogP contribution in [0.15, 0.2) is 48.5 Å². The van der Waals surface area contributed by atoms with Crippen LogP contribution < -0.4 is 10.5 Å². The number of aryl methyl sites for hydroxylation is 1. The Morgan fingerprint density at radius 2 is 1.72 bits per heavy atom. The van der Waals surface area contributed by atoms with Gasteiger partial charge in [0.05, 0.1) is 42.1 Å². The van der Waals surface area contributed by atoms with Gasteiger partial charge in [0.1, 0.15) is 22.8 Å². The van der Waals surface area contributed by atoms with Crippen LogP contribution in [0.4, 0.5) is 0 Å². The smallest absolute Gasteiger partial charge is 0.202 e. The van der Waals surface area contributed by atoms with Crippen LogP contribution in [0, 0.1) is 0 Å². The topological polar surface area (TPSA) is 186 Å². The van der Waals surface area contributed by atoms with Crippen LogP contribution in [0.5, 0.6) is 17.2 Å². The van der Waals surface area contributed by atoms with Gasteiger partial charge in [0.15, 0.2) is 17.9 Å². The zero-order valence-corrected chi connectivity index (χ0v) is 26.1. The highest BCUT2D eigenvalue weighted by molar-refractivity contribution is 6.31. The molecule has 3 aliphatic rings. The average Bonchev–Trinajstić information content (AvgIpc) is 3.02. The summed E-state index contributed by atoms with van der Waals surface area (Å²) >= 11 is 0. The minimum Gasteiger partial charge on any atom is -0.507 e. The van der Waals surface area contributed by atoms with E-state index >= 15 is 0 Å². The van der Waals surface area contributed by atoms with Crippen molar-refractivity contribution in [2.75, 3.05) is 7.11 Å². The normalized spacial score (nSPS) is 26.8. The second-order valence-corrected chi connectivity index (χ2v) is 12.0. The maximum absolute atomic E-state index is 13.8. The number of Topliss-reactive ketones (excluding diaryl/α,β-unsaturated/α-hetero) is 1. The molecular weight excluding hydrogens is 618 g/mol. The number of benzene rings is 3. The second kappa shape index (κ2) is 12.7. The molecule has 0 radical (unpaired) electrons. The Bertz CT molecular complexity index is 1680. The quantitative estimate of drug-likeness (QED) is 0.185. The molecule has 1 fully saturated rings. The molecule has 1 saturated heterocycles. The minimum absolute atomic E-state index is 0. The van der Waals surface area contributed by atoms with Crippen molar-refractivity contribution in [3.8, 4) is 17.2 Å². The number of rotatable bonds is 7. The summed E-state index contributed by atoms with van der Waals surface area (Å²) in [6.45, 7) is 1.62. The average molecular weight is 654 g/mol. The molecule has 2 aliphatic carbocycles. The van der Waals surface area contributed by atoms with Gasteiger partial charge < -0.3 is 40.4 Å². The number of hydrogen-bond donors (Lipinski definition) is 5. The monoisotopic (exact) mass is 653 g/mol. The Morgan fingerprint density at radius 3 is 2.39 bits per heavy atom. The van der Waals surface area contributed by atoms with Gasteiger partial charge in [0.2, 0.25) is 5.78 Å². The highest BCUT2D eigenvalue weighted by Crippen LogP contribution is 2.52. The van der Waals surface area contributed by atoms with E-state index < -0.39 is 82.6 Å². The lowest BCUT2D eigenvalue weighted by atomic mass is 9.71. The van der Waals surface area contributed by atoms with E-state index in [0.717, 1.165) is 5.56 Å². The minimum atomic E-state index is -2.06. The van der Waals surface area contributed by atoms with Crippen LogP contribution in [-0.4, -0.2) is 75.0 Å². The number of aliphatic hydroxyl groups excluding tert-OH is 1. The molecule has 6 atom stereocenters. The summed E-state index contributed by atoms with van der Waals surface area (Å²) < 4.78 is 17.4. The lowest BCUT2D eigenvalue weighted by molar-refractivity contribution is -0.247. The number of halogens is 1. The Labute approximate surface area is 271 Å². The van der Waals surface area contributed by atoms with Crippen molar-refractivity contribution in [3.05, 3.63) is 87.5 Å². The number of phenols is 2. The molecule has 0 saturated carbocycles. The number of fused-ring (bicyclic) bond motifs is 3. The molecule has 4 unspecified atom stereocenters. The first-order valence-corrected chi connectivity index (χ1v) is 14.9. The number of nitrogens with two attached hydrogens (primary N) is 1. The summed E-state index contributed by atoms with van der Waals surface area (Å²) in [5, 5.41) is 45.5. The Balaban J connectivity index is 0.00000417. The van der Waals surface area contributed by atoms with Crippen molar-refractivity contribution >= 4 is 29.8 Å². The number of ether oxygens (including phenoxy) is 3. The molecule has 244 valence electrons. The van der Waals surface area contributed by atoms with E-state index in [1.165, 1.54) is 25.3 Å². The number of ketones is 3. The van der Waals surface area contributed by atoms with Crippen LogP contribution >= 0.6 is 12.4 Å².